The molecule has 0 aliphatic rings. The molecule has 0 amide bonds. The molecule has 0 aromatic rings. The van der Waals surface area contributed by atoms with Crippen LogP contribution in [0.15, 0.2) is 0 Å². The molecule has 0 rings (SSSR count). The van der Waals surface area contributed by atoms with Gasteiger partial charge in [-0.15, -0.1) is 0 Å². The predicted octanol–water partition coefficient (Wildman–Crippen LogP) is -1.00. The van der Waals surface area contributed by atoms with Crippen molar-refractivity contribution < 1.29 is 79.3 Å². The summed E-state index contributed by atoms with van der Waals surface area (Å²) in [6, 6.07) is 0. The molecular weight excluding hydrogens is 358 g/mol. The van der Waals surface area contributed by atoms with Crippen molar-refractivity contribution >= 4 is 16.2 Å². The molecule has 6 heavy (non-hydrogen) atoms. The predicted molar refractivity (Wildman–Crippen MR) is 9.21 cm³/mol. The van der Waals surface area contributed by atoms with Gasteiger partial charge in [-0.3, -0.25) is 0 Å². The van der Waals surface area contributed by atoms with Gasteiger partial charge in [0.1, 0.15) is 0 Å². The Balaban J connectivity index is -0.0000000225. The van der Waals surface area contributed by atoms with Crippen molar-refractivity contribution in [2.75, 3.05) is 0 Å². The third-order valence-electron chi connectivity index (χ3n) is 0. The Morgan fingerprint density at radius 1 is 1.17 bits per heavy atom. The Hall–Kier alpha value is 2.48. The van der Waals surface area contributed by atoms with Gasteiger partial charge in [-0.1, -0.05) is 0 Å². The number of hydrogen-bond donors (Lipinski definition) is 0. The van der Waals surface area contributed by atoms with Gasteiger partial charge in [-0.25, -0.2) is 0 Å². The van der Waals surface area contributed by atoms with Crippen molar-refractivity contribution in [3.05, 3.63) is 0 Å². The fourth-order valence-electron chi connectivity index (χ4n) is 0. The molecule has 0 radical (unpaired) electrons. The summed E-state index contributed by atoms with van der Waals surface area (Å²) in [5, 5.41) is 0. The van der Waals surface area contributed by atoms with Crippen molar-refractivity contribution in [3.63, 3.8) is 0 Å². The van der Waals surface area contributed by atoms with Crippen molar-refractivity contribution in [2.45, 2.75) is 0 Å². The van der Waals surface area contributed by atoms with Crippen LogP contribution < -0.4 is 0 Å². The van der Waals surface area contributed by atoms with E-state index in [0.717, 1.165) is 0 Å². The zero-order valence-electron chi connectivity index (χ0n) is 3.01. The summed E-state index contributed by atoms with van der Waals surface area (Å²) in [6.45, 7) is 0. The normalized spacial score (nSPS) is 2.00. The molecule has 0 fully saturated rings. The van der Waals surface area contributed by atoms with E-state index in [4.69, 9.17) is 6.55 Å². The molecule has 0 saturated carbocycles. The molecule has 0 aliphatic carbocycles. The first kappa shape index (κ1) is 15.8. The Morgan fingerprint density at radius 2 is 1.17 bits per heavy atom. The van der Waals surface area contributed by atoms with E-state index in [1.807, 2.05) is 0 Å². The summed E-state index contributed by atoms with van der Waals surface area (Å²) in [5.41, 5.74) is 0. The molecule has 3 nitrogen and oxygen atoms in total. The molecular formula is HAlLaNdO3. The molecule has 0 unspecified atom stereocenters. The third-order valence-corrected chi connectivity index (χ3v) is 0. The van der Waals surface area contributed by atoms with Gasteiger partial charge in [0.25, 0.3) is 0 Å². The second-order valence-electron chi connectivity index (χ2n) is 0. The number of rotatable bonds is 0. The topological polar surface area (TPSA) is 51.2 Å². The Kier molecular flexibility index (Phi) is 135. The minimum atomic E-state index is -0.0833. The molecule has 0 N–H and O–H groups in total. The van der Waals surface area contributed by atoms with Gasteiger partial charge >= 0.3 is 95.5 Å². The van der Waals surface area contributed by atoms with Crippen LogP contribution in [0.25, 0.3) is 0 Å². The van der Waals surface area contributed by atoms with E-state index >= 15 is 0 Å². The van der Waals surface area contributed by atoms with Crippen molar-refractivity contribution in [1.29, 1.82) is 0 Å². The van der Waals surface area contributed by atoms with E-state index in [1.54, 1.807) is 0 Å². The molecule has 0 heterocycles. The monoisotopic (exact) mass is 357 g/mol. The molecule has 6 heteroatoms. The standard InChI is InChI=1S/Al.La.Nd.3O.H. The van der Waals surface area contributed by atoms with Crippen LogP contribution in [-0.2, 0) is 6.55 Å². The van der Waals surface area contributed by atoms with Gasteiger partial charge < -0.3 is 0 Å². The van der Waals surface area contributed by atoms with Crippen LogP contribution in [0, 0.1) is 72.7 Å². The quantitative estimate of drug-likeness (QED) is 0.522. The van der Waals surface area contributed by atoms with E-state index in [2.05, 4.69) is 0 Å². The van der Waals surface area contributed by atoms with Gasteiger partial charge in [-0.2, -0.15) is 0 Å². The Bertz CT molecular complexity index is 15.5. The fourth-order valence-corrected chi connectivity index (χ4v) is 0. The second kappa shape index (κ2) is 51.1. The first-order valence-corrected chi connectivity index (χ1v) is 4.10. The van der Waals surface area contributed by atoms with Crippen LogP contribution >= 0.6 is 0 Å². The first-order chi connectivity index (χ1) is 3.00. The molecule has 29 valence electrons. The van der Waals surface area contributed by atoms with E-state index in [1.165, 1.54) is 0 Å². The summed E-state index contributed by atoms with van der Waals surface area (Å²) < 4.78 is 25.1. The Morgan fingerprint density at radius 3 is 1.17 bits per heavy atom. The molecule has 0 spiro atoms. The molecule has 0 aromatic carbocycles. The van der Waals surface area contributed by atoms with Gasteiger partial charge in [0, 0.05) is 0 Å². The van der Waals surface area contributed by atoms with Crippen LogP contribution in [0.4, 0.5) is 0 Å². The van der Waals surface area contributed by atoms with Gasteiger partial charge in [0.15, 0.2) is 0 Å². The average Bonchev–Trinajstić information content (AvgIpc) is 1.81. The van der Waals surface area contributed by atoms with Crippen molar-refractivity contribution in [3.8, 4) is 0 Å². The molecule has 0 bridgehead atoms. The van der Waals surface area contributed by atoms with Crippen molar-refractivity contribution in [2.24, 2.45) is 0 Å². The number of hydrogen-bond acceptors (Lipinski definition) is 3. The van der Waals surface area contributed by atoms with Crippen LogP contribution in [0.5, 0.6) is 0 Å². The van der Waals surface area contributed by atoms with Crippen LogP contribution in [0.2, 0.25) is 0 Å². The summed E-state index contributed by atoms with van der Waals surface area (Å²) in [6.07, 6.45) is 0. The molecule has 0 aliphatic heterocycles. The zero-order chi connectivity index (χ0) is 6.00. The minimum absolute atomic E-state index is 0.0556. The summed E-state index contributed by atoms with van der Waals surface area (Å²) >= 11 is 0.583. The summed E-state index contributed by atoms with van der Waals surface area (Å²) in [7, 11) is 0. The molecule has 0 atom stereocenters. The fraction of sp³-hybridized carbons (Fsp3) is 0. The van der Waals surface area contributed by atoms with E-state index in [0.29, 0.717) is 16.2 Å². The first-order valence-electron chi connectivity index (χ1n) is 0.729. The van der Waals surface area contributed by atoms with Crippen LogP contribution in [0.3, 0.4) is 0 Å². The maximum atomic E-state index is 8.42. The Labute approximate surface area is 93.1 Å². The molecule has 0 saturated heterocycles. The van der Waals surface area contributed by atoms with Crippen LogP contribution in [0.1, 0.15) is 0 Å². The maximum absolute atomic E-state index is 8.42. The SMILES string of the molecule is [O]=[AlH].[O]=[La].[O]=[Nd]. The van der Waals surface area contributed by atoms with E-state index in [9.17, 15) is 0 Å². The zero-order valence-corrected chi connectivity index (χ0v) is 11.3. The second-order valence-corrected chi connectivity index (χ2v) is 0. The molecule has 0 aromatic heterocycles. The third kappa shape index (κ3) is 31.7. The van der Waals surface area contributed by atoms with Crippen LogP contribution in [-0.4, -0.2) is 16.2 Å². The summed E-state index contributed by atoms with van der Waals surface area (Å²) in [4.78, 5) is 0. The van der Waals surface area contributed by atoms with E-state index < -0.39 is 0 Å². The van der Waals surface area contributed by atoms with Crippen molar-refractivity contribution in [1.82, 2.24) is 0 Å². The average molecular weight is 359 g/mol. The van der Waals surface area contributed by atoms with Gasteiger partial charge in [0.2, 0.25) is 0 Å². The van der Waals surface area contributed by atoms with E-state index in [-0.39, 0.29) is 72.7 Å². The van der Waals surface area contributed by atoms with Gasteiger partial charge in [0.05, 0.1) is 0 Å². The van der Waals surface area contributed by atoms with Gasteiger partial charge in [-0.05, 0) is 0 Å². The summed E-state index contributed by atoms with van der Waals surface area (Å²) in [5.74, 6) is 0.